The van der Waals surface area contributed by atoms with Gasteiger partial charge in [0.1, 0.15) is 0 Å². The lowest BCUT2D eigenvalue weighted by molar-refractivity contribution is -0.384. The third-order valence-electron chi connectivity index (χ3n) is 2.13. The summed E-state index contributed by atoms with van der Waals surface area (Å²) in [5.41, 5.74) is 1.13. The van der Waals surface area contributed by atoms with Gasteiger partial charge < -0.3 is 5.11 Å². The Morgan fingerprint density at radius 1 is 1.44 bits per heavy atom. The Hall–Kier alpha value is -2.17. The lowest BCUT2D eigenvalue weighted by Gasteiger charge is -1.97. The van der Waals surface area contributed by atoms with Gasteiger partial charge in [-0.1, -0.05) is 18.2 Å². The maximum Gasteiger partial charge on any atom is 0.330 e. The first kappa shape index (κ1) is 11.9. The third kappa shape index (κ3) is 3.20. The average Bonchev–Trinajstić information content (AvgIpc) is 2.26. The minimum Gasteiger partial charge on any atom is -0.478 e. The molecule has 0 aromatic heterocycles. The van der Waals surface area contributed by atoms with Crippen molar-refractivity contribution in [1.82, 2.24) is 0 Å². The van der Waals surface area contributed by atoms with Crippen molar-refractivity contribution in [1.29, 1.82) is 0 Å². The highest BCUT2D eigenvalue weighted by Crippen LogP contribution is 2.12. The van der Waals surface area contributed by atoms with Crippen molar-refractivity contribution in [2.75, 3.05) is 0 Å². The molecule has 5 heteroatoms. The standard InChI is InChI=1S/C11H11NO4/c1-8(11(13)14)2-3-9-4-6-10(7-5-9)12(15)16/h2,4-7H,3H2,1H3,(H,13,14)/b8-2+. The van der Waals surface area contributed by atoms with E-state index in [1.165, 1.54) is 19.1 Å². The van der Waals surface area contributed by atoms with E-state index in [2.05, 4.69) is 0 Å². The molecule has 0 fully saturated rings. The molecule has 0 aliphatic heterocycles. The summed E-state index contributed by atoms with van der Waals surface area (Å²) in [6.07, 6.45) is 2.03. The summed E-state index contributed by atoms with van der Waals surface area (Å²) in [5, 5.41) is 19.0. The molecule has 0 amide bonds. The van der Waals surface area contributed by atoms with Gasteiger partial charge in [-0.3, -0.25) is 10.1 Å². The fourth-order valence-electron chi connectivity index (χ4n) is 1.11. The van der Waals surface area contributed by atoms with E-state index in [1.54, 1.807) is 18.2 Å². The molecule has 0 unspecified atom stereocenters. The molecule has 0 spiro atoms. The Kier molecular flexibility index (Phi) is 3.77. The molecular weight excluding hydrogens is 210 g/mol. The first-order valence-electron chi connectivity index (χ1n) is 4.64. The summed E-state index contributed by atoms with van der Waals surface area (Å²) in [6.45, 7) is 1.51. The Morgan fingerprint density at radius 2 is 2.00 bits per heavy atom. The molecule has 84 valence electrons. The summed E-state index contributed by atoms with van der Waals surface area (Å²) in [6, 6.07) is 6.03. The van der Waals surface area contributed by atoms with Gasteiger partial charge in [0.15, 0.2) is 0 Å². The minimum absolute atomic E-state index is 0.0303. The van der Waals surface area contributed by atoms with E-state index in [0.29, 0.717) is 6.42 Å². The fourth-order valence-corrected chi connectivity index (χ4v) is 1.11. The number of carbonyl (C=O) groups is 1. The molecule has 0 aliphatic carbocycles. The van der Waals surface area contributed by atoms with Crippen molar-refractivity contribution in [3.63, 3.8) is 0 Å². The number of hydrogen-bond acceptors (Lipinski definition) is 3. The van der Waals surface area contributed by atoms with Gasteiger partial charge in [0.2, 0.25) is 0 Å². The van der Waals surface area contributed by atoms with Crippen LogP contribution in [0.25, 0.3) is 0 Å². The Morgan fingerprint density at radius 3 is 2.44 bits per heavy atom. The Bertz CT molecular complexity index is 434. The molecule has 0 radical (unpaired) electrons. The molecule has 0 aliphatic rings. The number of non-ortho nitro benzene ring substituents is 1. The van der Waals surface area contributed by atoms with Gasteiger partial charge in [0.05, 0.1) is 4.92 Å². The van der Waals surface area contributed by atoms with Crippen LogP contribution in [0, 0.1) is 10.1 Å². The maximum absolute atomic E-state index is 10.5. The largest absolute Gasteiger partial charge is 0.478 e. The minimum atomic E-state index is -0.957. The average molecular weight is 221 g/mol. The van der Waals surface area contributed by atoms with Crippen LogP contribution in [0.15, 0.2) is 35.9 Å². The molecule has 0 heterocycles. The first-order chi connectivity index (χ1) is 7.50. The van der Waals surface area contributed by atoms with Crippen molar-refractivity contribution in [3.8, 4) is 0 Å². The van der Waals surface area contributed by atoms with Crippen molar-refractivity contribution < 1.29 is 14.8 Å². The lowest BCUT2D eigenvalue weighted by atomic mass is 10.1. The molecule has 16 heavy (non-hydrogen) atoms. The van der Waals surface area contributed by atoms with E-state index in [-0.39, 0.29) is 11.3 Å². The van der Waals surface area contributed by atoms with E-state index >= 15 is 0 Å². The maximum atomic E-state index is 10.5. The van der Waals surface area contributed by atoms with Crippen LogP contribution in [-0.4, -0.2) is 16.0 Å². The number of nitro groups is 1. The fraction of sp³-hybridized carbons (Fsp3) is 0.182. The van der Waals surface area contributed by atoms with Gasteiger partial charge in [-0.25, -0.2) is 4.79 Å². The molecule has 1 aromatic rings. The molecule has 1 rings (SSSR count). The monoisotopic (exact) mass is 221 g/mol. The first-order valence-corrected chi connectivity index (χ1v) is 4.64. The van der Waals surface area contributed by atoms with Gasteiger partial charge in [0, 0.05) is 17.7 Å². The zero-order valence-electron chi connectivity index (χ0n) is 8.71. The van der Waals surface area contributed by atoms with Crippen LogP contribution in [0.5, 0.6) is 0 Å². The molecule has 5 nitrogen and oxygen atoms in total. The third-order valence-corrected chi connectivity index (χ3v) is 2.13. The number of carboxylic acid groups (broad SMARTS) is 1. The van der Waals surface area contributed by atoms with Crippen molar-refractivity contribution in [2.24, 2.45) is 0 Å². The summed E-state index contributed by atoms with van der Waals surface area (Å²) in [4.78, 5) is 20.4. The molecule has 0 bridgehead atoms. The van der Waals surface area contributed by atoms with E-state index in [4.69, 9.17) is 5.11 Å². The Labute approximate surface area is 92.2 Å². The number of carboxylic acids is 1. The molecule has 0 saturated carbocycles. The van der Waals surface area contributed by atoms with Gasteiger partial charge in [-0.2, -0.15) is 0 Å². The van der Waals surface area contributed by atoms with Gasteiger partial charge in [-0.15, -0.1) is 0 Å². The van der Waals surface area contributed by atoms with E-state index < -0.39 is 10.9 Å². The van der Waals surface area contributed by atoms with Crippen LogP contribution in [-0.2, 0) is 11.2 Å². The molecule has 0 atom stereocenters. The number of nitro benzene ring substituents is 1. The lowest BCUT2D eigenvalue weighted by Crippen LogP contribution is -1.96. The number of aliphatic carboxylic acids is 1. The van der Waals surface area contributed by atoms with E-state index in [9.17, 15) is 14.9 Å². The molecule has 1 aromatic carbocycles. The second-order valence-corrected chi connectivity index (χ2v) is 3.32. The second kappa shape index (κ2) is 5.06. The van der Waals surface area contributed by atoms with Crippen LogP contribution in [0.4, 0.5) is 5.69 Å². The number of allylic oxidation sites excluding steroid dienone is 1. The number of rotatable bonds is 4. The summed E-state index contributed by atoms with van der Waals surface area (Å²) >= 11 is 0. The smallest absolute Gasteiger partial charge is 0.330 e. The van der Waals surface area contributed by atoms with Crippen LogP contribution >= 0.6 is 0 Å². The highest BCUT2D eigenvalue weighted by atomic mass is 16.6. The Balaban J connectivity index is 2.73. The normalized spacial score (nSPS) is 11.2. The van der Waals surface area contributed by atoms with Gasteiger partial charge >= 0.3 is 5.97 Å². The molecule has 0 saturated heterocycles. The SMILES string of the molecule is C/C(=C\Cc1ccc([N+](=O)[O-])cc1)C(=O)O. The van der Waals surface area contributed by atoms with E-state index in [1.807, 2.05) is 0 Å². The highest BCUT2D eigenvalue weighted by molar-refractivity contribution is 5.85. The summed E-state index contributed by atoms with van der Waals surface area (Å²) in [7, 11) is 0. The molecular formula is C11H11NO4. The van der Waals surface area contributed by atoms with Crippen molar-refractivity contribution in [2.45, 2.75) is 13.3 Å². The zero-order chi connectivity index (χ0) is 12.1. The van der Waals surface area contributed by atoms with Crippen LogP contribution in [0.3, 0.4) is 0 Å². The number of nitrogens with zero attached hydrogens (tertiary/aromatic N) is 1. The quantitative estimate of drug-likeness (QED) is 0.480. The van der Waals surface area contributed by atoms with Gasteiger partial charge in [0.25, 0.3) is 5.69 Å². The zero-order valence-corrected chi connectivity index (χ0v) is 8.71. The number of hydrogen-bond donors (Lipinski definition) is 1. The number of benzene rings is 1. The van der Waals surface area contributed by atoms with Crippen molar-refractivity contribution in [3.05, 3.63) is 51.6 Å². The highest BCUT2D eigenvalue weighted by Gasteiger charge is 2.03. The second-order valence-electron chi connectivity index (χ2n) is 3.32. The summed E-state index contributed by atoms with van der Waals surface area (Å²) < 4.78 is 0. The van der Waals surface area contributed by atoms with Gasteiger partial charge in [-0.05, 0) is 18.9 Å². The van der Waals surface area contributed by atoms with E-state index in [0.717, 1.165) is 5.56 Å². The molecule has 1 N–H and O–H groups in total. The predicted molar refractivity (Wildman–Crippen MR) is 58.2 cm³/mol. The van der Waals surface area contributed by atoms with Crippen molar-refractivity contribution >= 4 is 11.7 Å². The summed E-state index contributed by atoms with van der Waals surface area (Å²) in [5.74, 6) is -0.957. The predicted octanol–water partition coefficient (Wildman–Crippen LogP) is 2.17. The van der Waals surface area contributed by atoms with Crippen LogP contribution in [0.1, 0.15) is 12.5 Å². The van der Waals surface area contributed by atoms with Crippen LogP contribution < -0.4 is 0 Å². The van der Waals surface area contributed by atoms with Crippen LogP contribution in [0.2, 0.25) is 0 Å². The topological polar surface area (TPSA) is 80.4 Å².